The summed E-state index contributed by atoms with van der Waals surface area (Å²) in [4.78, 5) is 10.8. The average molecular weight is 166 g/mol. The maximum Gasteiger partial charge on any atom is 0.340 e. The largest absolute Gasteiger partial charge is 0.425 e. The number of ether oxygens (including phenoxy) is 1. The Kier molecular flexibility index (Phi) is 2.82. The smallest absolute Gasteiger partial charge is 0.340 e. The standard InChI is InChI=1S/C9H10O3/c1-7(10)9(11)12-8-5-3-2-4-6-8/h2-7,10H,1H3. The van der Waals surface area contributed by atoms with E-state index < -0.39 is 12.1 Å². The lowest BCUT2D eigenvalue weighted by atomic mass is 10.3. The minimum atomic E-state index is -1.08. The van der Waals surface area contributed by atoms with Gasteiger partial charge in [-0.25, -0.2) is 4.79 Å². The third-order valence-corrected chi connectivity index (χ3v) is 1.30. The van der Waals surface area contributed by atoms with Gasteiger partial charge in [0.05, 0.1) is 0 Å². The van der Waals surface area contributed by atoms with Crippen LogP contribution in [0, 0.1) is 0 Å². The van der Waals surface area contributed by atoms with Gasteiger partial charge in [0, 0.05) is 0 Å². The monoisotopic (exact) mass is 166 g/mol. The van der Waals surface area contributed by atoms with Crippen LogP contribution in [0.3, 0.4) is 0 Å². The molecule has 0 radical (unpaired) electrons. The summed E-state index contributed by atoms with van der Waals surface area (Å²) in [6, 6.07) is 8.63. The second kappa shape index (κ2) is 3.88. The Morgan fingerprint density at radius 1 is 1.42 bits per heavy atom. The van der Waals surface area contributed by atoms with Gasteiger partial charge in [-0.15, -0.1) is 0 Å². The molecule has 64 valence electrons. The van der Waals surface area contributed by atoms with E-state index in [1.165, 1.54) is 6.92 Å². The third kappa shape index (κ3) is 2.36. The van der Waals surface area contributed by atoms with Crippen molar-refractivity contribution in [3.8, 4) is 5.75 Å². The van der Waals surface area contributed by atoms with Crippen LogP contribution in [0.2, 0.25) is 0 Å². The molecule has 0 amide bonds. The zero-order chi connectivity index (χ0) is 8.97. The van der Waals surface area contributed by atoms with E-state index in [2.05, 4.69) is 0 Å². The van der Waals surface area contributed by atoms with Crippen molar-refractivity contribution in [1.82, 2.24) is 0 Å². The Morgan fingerprint density at radius 2 is 2.00 bits per heavy atom. The third-order valence-electron chi connectivity index (χ3n) is 1.30. The number of hydrogen-bond donors (Lipinski definition) is 1. The Morgan fingerprint density at radius 3 is 2.50 bits per heavy atom. The number of carbonyl (C=O) groups excluding carboxylic acids is 1. The fourth-order valence-corrected chi connectivity index (χ4v) is 0.690. The van der Waals surface area contributed by atoms with Crippen LogP contribution in [0.4, 0.5) is 0 Å². The molecule has 1 unspecified atom stereocenters. The average Bonchev–Trinajstić information content (AvgIpc) is 2.06. The van der Waals surface area contributed by atoms with E-state index in [9.17, 15) is 4.79 Å². The fraction of sp³-hybridized carbons (Fsp3) is 0.222. The molecular weight excluding hydrogens is 156 g/mol. The molecule has 3 heteroatoms. The number of hydrogen-bond acceptors (Lipinski definition) is 3. The normalized spacial score (nSPS) is 12.2. The summed E-state index contributed by atoms with van der Waals surface area (Å²) in [5, 5.41) is 8.81. The predicted molar refractivity (Wildman–Crippen MR) is 43.8 cm³/mol. The lowest BCUT2D eigenvalue weighted by Gasteiger charge is -2.04. The summed E-state index contributed by atoms with van der Waals surface area (Å²) in [7, 11) is 0. The maximum atomic E-state index is 10.8. The number of esters is 1. The van der Waals surface area contributed by atoms with Crippen molar-refractivity contribution in [2.45, 2.75) is 13.0 Å². The molecule has 1 rings (SSSR count). The molecular formula is C9H10O3. The van der Waals surface area contributed by atoms with Crippen LogP contribution in [-0.4, -0.2) is 17.2 Å². The molecule has 0 aliphatic rings. The quantitative estimate of drug-likeness (QED) is 0.526. The van der Waals surface area contributed by atoms with Crippen LogP contribution in [0.15, 0.2) is 30.3 Å². The van der Waals surface area contributed by atoms with Crippen molar-refractivity contribution in [2.75, 3.05) is 0 Å². The van der Waals surface area contributed by atoms with Gasteiger partial charge in [0.2, 0.25) is 0 Å². The van der Waals surface area contributed by atoms with Crippen LogP contribution in [0.25, 0.3) is 0 Å². The van der Waals surface area contributed by atoms with E-state index in [4.69, 9.17) is 9.84 Å². The molecule has 1 aromatic carbocycles. The maximum absolute atomic E-state index is 10.8. The van der Waals surface area contributed by atoms with E-state index in [0.717, 1.165) is 0 Å². The van der Waals surface area contributed by atoms with E-state index in [0.29, 0.717) is 5.75 Å². The highest BCUT2D eigenvalue weighted by atomic mass is 16.5. The van der Waals surface area contributed by atoms with E-state index in [1.807, 2.05) is 6.07 Å². The molecule has 0 aliphatic carbocycles. The lowest BCUT2D eigenvalue weighted by molar-refractivity contribution is -0.142. The van der Waals surface area contributed by atoms with Crippen molar-refractivity contribution in [3.63, 3.8) is 0 Å². The molecule has 12 heavy (non-hydrogen) atoms. The summed E-state index contributed by atoms with van der Waals surface area (Å²) >= 11 is 0. The lowest BCUT2D eigenvalue weighted by Crippen LogP contribution is -2.21. The van der Waals surface area contributed by atoms with Gasteiger partial charge in [0.1, 0.15) is 11.9 Å². The second-order valence-electron chi connectivity index (χ2n) is 2.41. The topological polar surface area (TPSA) is 46.5 Å². The Bertz CT molecular complexity index is 254. The van der Waals surface area contributed by atoms with E-state index in [-0.39, 0.29) is 0 Å². The van der Waals surface area contributed by atoms with Crippen molar-refractivity contribution in [1.29, 1.82) is 0 Å². The first-order chi connectivity index (χ1) is 5.70. The molecule has 1 aromatic rings. The minimum Gasteiger partial charge on any atom is -0.425 e. The van der Waals surface area contributed by atoms with Gasteiger partial charge >= 0.3 is 5.97 Å². The molecule has 0 fully saturated rings. The number of carbonyl (C=O) groups is 1. The van der Waals surface area contributed by atoms with Crippen LogP contribution < -0.4 is 4.74 Å². The molecule has 1 atom stereocenters. The highest BCUT2D eigenvalue weighted by Crippen LogP contribution is 2.08. The Hall–Kier alpha value is -1.35. The number of aliphatic hydroxyl groups excluding tert-OH is 1. The van der Waals surface area contributed by atoms with Gasteiger partial charge in [-0.2, -0.15) is 0 Å². The van der Waals surface area contributed by atoms with Crippen molar-refractivity contribution in [2.24, 2.45) is 0 Å². The molecule has 0 aromatic heterocycles. The first-order valence-electron chi connectivity index (χ1n) is 3.65. The molecule has 0 saturated carbocycles. The van der Waals surface area contributed by atoms with Gasteiger partial charge in [0.15, 0.2) is 0 Å². The first kappa shape index (κ1) is 8.74. The molecule has 0 saturated heterocycles. The van der Waals surface area contributed by atoms with Gasteiger partial charge in [-0.05, 0) is 19.1 Å². The van der Waals surface area contributed by atoms with Gasteiger partial charge in [-0.3, -0.25) is 0 Å². The van der Waals surface area contributed by atoms with Gasteiger partial charge in [0.25, 0.3) is 0 Å². The minimum absolute atomic E-state index is 0.448. The van der Waals surface area contributed by atoms with Crippen LogP contribution in [0.1, 0.15) is 6.92 Å². The summed E-state index contributed by atoms with van der Waals surface area (Å²) in [6.45, 7) is 1.37. The van der Waals surface area contributed by atoms with Crippen LogP contribution in [0.5, 0.6) is 5.75 Å². The number of rotatable bonds is 2. The van der Waals surface area contributed by atoms with Crippen LogP contribution in [-0.2, 0) is 4.79 Å². The molecule has 0 spiro atoms. The number of aliphatic hydroxyl groups is 1. The highest BCUT2D eigenvalue weighted by Gasteiger charge is 2.10. The summed E-state index contributed by atoms with van der Waals surface area (Å²) < 4.78 is 4.79. The first-order valence-corrected chi connectivity index (χ1v) is 3.65. The van der Waals surface area contributed by atoms with E-state index >= 15 is 0 Å². The Labute approximate surface area is 70.6 Å². The SMILES string of the molecule is CC(O)C(=O)Oc1ccccc1. The highest BCUT2D eigenvalue weighted by molar-refractivity contribution is 5.76. The van der Waals surface area contributed by atoms with Crippen molar-refractivity contribution >= 4 is 5.97 Å². The van der Waals surface area contributed by atoms with Crippen molar-refractivity contribution in [3.05, 3.63) is 30.3 Å². The van der Waals surface area contributed by atoms with E-state index in [1.54, 1.807) is 24.3 Å². The zero-order valence-electron chi connectivity index (χ0n) is 6.73. The van der Waals surface area contributed by atoms with Gasteiger partial charge < -0.3 is 9.84 Å². The summed E-state index contributed by atoms with van der Waals surface area (Å²) in [6.07, 6.45) is -1.08. The van der Waals surface area contributed by atoms with Crippen LogP contribution >= 0.6 is 0 Å². The second-order valence-corrected chi connectivity index (χ2v) is 2.41. The van der Waals surface area contributed by atoms with Gasteiger partial charge in [-0.1, -0.05) is 18.2 Å². The molecule has 1 N–H and O–H groups in total. The fourth-order valence-electron chi connectivity index (χ4n) is 0.690. The summed E-state index contributed by atoms with van der Waals surface area (Å²) in [5.41, 5.74) is 0. The number of para-hydroxylation sites is 1. The zero-order valence-corrected chi connectivity index (χ0v) is 6.73. The molecule has 0 aliphatic heterocycles. The molecule has 0 heterocycles. The predicted octanol–water partition coefficient (Wildman–Crippen LogP) is 0.973. The Balaban J connectivity index is 2.59. The molecule has 0 bridgehead atoms. The van der Waals surface area contributed by atoms with Crippen molar-refractivity contribution < 1.29 is 14.6 Å². The summed E-state index contributed by atoms with van der Waals surface area (Å²) in [5.74, 6) is -0.190. The molecule has 3 nitrogen and oxygen atoms in total. The number of benzene rings is 1.